The summed E-state index contributed by atoms with van der Waals surface area (Å²) in [5.74, 6) is 2.33. The Morgan fingerprint density at radius 3 is 1.98 bits per heavy atom. The van der Waals surface area contributed by atoms with Gasteiger partial charge >= 0.3 is 12.2 Å². The summed E-state index contributed by atoms with van der Waals surface area (Å²) < 4.78 is 17.7. The first-order valence-corrected chi connectivity index (χ1v) is 21.1. The fourth-order valence-corrected chi connectivity index (χ4v) is 9.55. The van der Waals surface area contributed by atoms with E-state index >= 15 is 0 Å². The summed E-state index contributed by atoms with van der Waals surface area (Å²) in [5.41, 5.74) is 7.79. The van der Waals surface area contributed by atoms with Crippen LogP contribution in [0, 0.1) is 11.8 Å². The smallest absolute Gasteiger partial charge is 0.407 e. The number of hydrogen-bond acceptors (Lipinski definition) is 9. The molecule has 2 aromatic heterocycles. The highest BCUT2D eigenvalue weighted by Crippen LogP contribution is 2.51. The Hall–Kier alpha value is -6.84. The first kappa shape index (κ1) is 40.6. The fraction of sp³-hybridized carbons (Fsp3) is 0.391. The van der Waals surface area contributed by atoms with E-state index in [0.717, 1.165) is 69.1 Å². The molecule has 6 atom stereocenters. The molecule has 62 heavy (non-hydrogen) atoms. The third kappa shape index (κ3) is 7.36. The predicted octanol–water partition coefficient (Wildman–Crippen LogP) is 7.27. The number of aromatic amines is 2. The SMILES string of the molecule is COC(=O)N[C@H](C(=O)N1[C@@H](C)CC[C@H]1c1ncc(-c2cc3c4c(c2)OCc2cc(-c5cnc([C@@H]6C[C@H](C)CN6C(=O)[C@H](NC(=O)O)c6ccccc6)[nH]5)cc(c2-4)OC3)[nH]1)C(C)C. The lowest BCUT2D eigenvalue weighted by molar-refractivity contribution is -0.137. The number of carbonyl (C=O) groups is 4. The predicted molar refractivity (Wildman–Crippen MR) is 227 cm³/mol. The number of aromatic nitrogens is 4. The van der Waals surface area contributed by atoms with Gasteiger partial charge in [0, 0.05) is 46.0 Å². The maximum Gasteiger partial charge on any atom is 0.407 e. The second kappa shape index (κ2) is 16.2. The second-order valence-corrected chi connectivity index (χ2v) is 17.1. The molecule has 9 rings (SSSR count). The van der Waals surface area contributed by atoms with E-state index in [0.29, 0.717) is 43.4 Å². The van der Waals surface area contributed by atoms with Crippen molar-refractivity contribution >= 4 is 24.0 Å². The van der Waals surface area contributed by atoms with Gasteiger partial charge in [-0.15, -0.1) is 0 Å². The molecular weight excluding hydrogens is 793 g/mol. The van der Waals surface area contributed by atoms with Crippen LogP contribution in [0.3, 0.4) is 0 Å². The molecule has 0 saturated carbocycles. The summed E-state index contributed by atoms with van der Waals surface area (Å²) >= 11 is 0. The van der Waals surface area contributed by atoms with Crippen LogP contribution in [0.5, 0.6) is 11.5 Å². The van der Waals surface area contributed by atoms with E-state index < -0.39 is 24.3 Å². The second-order valence-electron chi connectivity index (χ2n) is 17.1. The van der Waals surface area contributed by atoms with Crippen molar-refractivity contribution in [2.75, 3.05) is 13.7 Å². The van der Waals surface area contributed by atoms with Gasteiger partial charge in [0.25, 0.3) is 5.91 Å². The van der Waals surface area contributed by atoms with Crippen LogP contribution in [0.2, 0.25) is 0 Å². The molecule has 4 amide bonds. The fourth-order valence-electron chi connectivity index (χ4n) is 9.55. The molecule has 3 aromatic carbocycles. The zero-order valence-electron chi connectivity index (χ0n) is 35.2. The lowest BCUT2D eigenvalue weighted by Crippen LogP contribution is -2.52. The van der Waals surface area contributed by atoms with Crippen molar-refractivity contribution in [2.24, 2.45) is 11.8 Å². The standard InChI is InChI=1S/C46H50N8O8/c1-23(2)39(52-46(59)60-5)44(56)54-25(4)11-12-33(54)41-47-18-31(49-41)27-14-29-21-62-36-17-28(15-30-22-61-35(16-27)37(29)38(30)36)32-19-48-42(50-32)34-13-24(3)20-53(34)43(55)40(51-45(57)58)26-9-7-6-8-10-26/h6-10,14-19,23-25,33-34,39-40,51H,11-13,20-22H2,1-5H3,(H,47,49)(H,48,50)(H,52,59)(H,57,58)/t24-,25-,33-,34-,39-,40+/m0/s1. The number of likely N-dealkylation sites (tertiary alicyclic amines) is 2. The highest BCUT2D eigenvalue weighted by molar-refractivity contribution is 5.90. The third-order valence-corrected chi connectivity index (χ3v) is 12.6. The minimum Gasteiger partial charge on any atom is -0.488 e. The lowest BCUT2D eigenvalue weighted by atomic mass is 9.87. The van der Waals surface area contributed by atoms with Crippen LogP contribution in [-0.2, 0) is 27.5 Å². The third-order valence-electron chi connectivity index (χ3n) is 12.6. The Labute approximate surface area is 358 Å². The van der Waals surface area contributed by atoms with E-state index in [1.807, 2.05) is 43.9 Å². The number of nitrogens with zero attached hydrogens (tertiary/aromatic N) is 4. The van der Waals surface area contributed by atoms with Gasteiger partial charge in [-0.05, 0) is 67.9 Å². The molecule has 0 aliphatic carbocycles. The van der Waals surface area contributed by atoms with Crippen LogP contribution in [-0.4, -0.2) is 84.6 Å². The molecule has 16 heteroatoms. The number of ether oxygens (including phenoxy) is 3. The van der Waals surface area contributed by atoms with Crippen molar-refractivity contribution < 1.29 is 38.5 Å². The molecule has 4 aliphatic heterocycles. The van der Waals surface area contributed by atoms with Crippen molar-refractivity contribution in [1.29, 1.82) is 0 Å². The van der Waals surface area contributed by atoms with E-state index in [1.165, 1.54) is 7.11 Å². The summed E-state index contributed by atoms with van der Waals surface area (Å²) in [5, 5.41) is 14.8. The number of benzene rings is 3. The van der Waals surface area contributed by atoms with Crippen molar-refractivity contribution in [2.45, 2.75) is 90.4 Å². The van der Waals surface area contributed by atoms with Gasteiger partial charge in [0.2, 0.25) is 5.91 Å². The Bertz CT molecular complexity index is 2500. The summed E-state index contributed by atoms with van der Waals surface area (Å²) in [6.45, 7) is 9.00. The largest absolute Gasteiger partial charge is 0.488 e. The first-order chi connectivity index (χ1) is 29.9. The molecule has 6 heterocycles. The molecule has 16 nitrogen and oxygen atoms in total. The summed E-state index contributed by atoms with van der Waals surface area (Å²) in [4.78, 5) is 71.9. The van der Waals surface area contributed by atoms with Crippen LogP contribution in [0.1, 0.15) is 93.4 Å². The first-order valence-electron chi connectivity index (χ1n) is 21.1. The molecule has 322 valence electrons. The quantitative estimate of drug-likeness (QED) is 0.0951. The van der Waals surface area contributed by atoms with Crippen LogP contribution in [0.4, 0.5) is 9.59 Å². The average Bonchev–Trinajstić information content (AvgIpc) is 4.10. The molecule has 5 N–H and O–H groups in total. The van der Waals surface area contributed by atoms with Gasteiger partial charge in [-0.3, -0.25) is 9.59 Å². The van der Waals surface area contributed by atoms with Gasteiger partial charge in [0.05, 0.1) is 43.0 Å². The van der Waals surface area contributed by atoms with E-state index in [-0.39, 0.29) is 41.8 Å². The van der Waals surface area contributed by atoms with E-state index in [4.69, 9.17) is 24.2 Å². The van der Waals surface area contributed by atoms with E-state index in [1.54, 1.807) is 41.6 Å². The molecule has 2 saturated heterocycles. The number of alkyl carbamates (subject to hydrolysis) is 1. The number of carboxylic acid groups (broad SMARTS) is 1. The average molecular weight is 843 g/mol. The van der Waals surface area contributed by atoms with Crippen molar-refractivity contribution in [3.8, 4) is 45.1 Å². The molecular formula is C46H50N8O8. The maximum atomic E-state index is 14.0. The lowest BCUT2D eigenvalue weighted by Gasteiger charge is -2.33. The van der Waals surface area contributed by atoms with Crippen molar-refractivity contribution in [3.63, 3.8) is 0 Å². The Morgan fingerprint density at radius 1 is 0.823 bits per heavy atom. The van der Waals surface area contributed by atoms with Gasteiger partial charge < -0.3 is 49.7 Å². The number of rotatable bonds is 10. The summed E-state index contributed by atoms with van der Waals surface area (Å²) in [6, 6.07) is 14.6. The molecule has 5 aromatic rings. The number of carbonyl (C=O) groups excluding carboxylic acids is 3. The molecule has 2 fully saturated rings. The van der Waals surface area contributed by atoms with E-state index in [2.05, 4.69) is 39.7 Å². The van der Waals surface area contributed by atoms with Gasteiger partial charge in [0.1, 0.15) is 48.4 Å². The normalized spacial score (nSPS) is 20.8. The van der Waals surface area contributed by atoms with Gasteiger partial charge in [0.15, 0.2) is 0 Å². The molecule has 0 unspecified atom stereocenters. The molecule has 0 bridgehead atoms. The summed E-state index contributed by atoms with van der Waals surface area (Å²) in [6.07, 6.45) is 3.84. The number of nitrogens with one attached hydrogen (secondary N) is 4. The van der Waals surface area contributed by atoms with Crippen molar-refractivity contribution in [1.82, 2.24) is 40.4 Å². The zero-order valence-corrected chi connectivity index (χ0v) is 35.2. The molecule has 0 spiro atoms. The number of methoxy groups -OCH3 is 1. The van der Waals surface area contributed by atoms with Crippen LogP contribution < -0.4 is 20.1 Å². The minimum absolute atomic E-state index is 0.0364. The van der Waals surface area contributed by atoms with Gasteiger partial charge in [-0.1, -0.05) is 51.1 Å². The zero-order chi connectivity index (χ0) is 43.4. The topological polar surface area (TPSA) is 204 Å². The van der Waals surface area contributed by atoms with Crippen molar-refractivity contribution in [3.05, 3.63) is 95.3 Å². The highest BCUT2D eigenvalue weighted by atomic mass is 16.5. The van der Waals surface area contributed by atoms with Gasteiger partial charge in [-0.25, -0.2) is 19.6 Å². The minimum atomic E-state index is -1.27. The van der Waals surface area contributed by atoms with Gasteiger partial charge in [-0.2, -0.15) is 0 Å². The number of amides is 4. The number of hydrogen-bond donors (Lipinski definition) is 5. The monoisotopic (exact) mass is 842 g/mol. The highest BCUT2D eigenvalue weighted by Gasteiger charge is 2.42. The molecule has 4 aliphatic rings. The number of imidazole rings is 2. The maximum absolute atomic E-state index is 14.0. The van der Waals surface area contributed by atoms with Crippen LogP contribution in [0.15, 0.2) is 67.0 Å². The molecule has 0 radical (unpaired) electrons. The van der Waals surface area contributed by atoms with Crippen LogP contribution in [0.25, 0.3) is 33.6 Å². The van der Waals surface area contributed by atoms with Crippen LogP contribution >= 0.6 is 0 Å². The summed E-state index contributed by atoms with van der Waals surface area (Å²) in [7, 11) is 1.29. The Morgan fingerprint density at radius 2 is 1.42 bits per heavy atom. The number of H-pyrrole nitrogens is 2. The Balaban J connectivity index is 0.956. The Kier molecular flexibility index (Phi) is 10.6. The van der Waals surface area contributed by atoms with E-state index in [9.17, 15) is 24.3 Å².